The molecule has 2 nitrogen and oxygen atoms in total. The molecule has 2 aromatic rings. The van der Waals surface area contributed by atoms with Crippen LogP contribution in [-0.2, 0) is 0 Å². The Morgan fingerprint density at radius 3 is 2.33 bits per heavy atom. The van der Waals surface area contributed by atoms with E-state index in [4.69, 9.17) is 0 Å². The van der Waals surface area contributed by atoms with Gasteiger partial charge < -0.3 is 0 Å². The Balaban J connectivity index is 2.40. The van der Waals surface area contributed by atoms with Crippen molar-refractivity contribution in [1.29, 1.82) is 0 Å². The highest BCUT2D eigenvalue weighted by Crippen LogP contribution is 2.32. The van der Waals surface area contributed by atoms with E-state index in [1.807, 2.05) is 6.20 Å². The molecule has 1 aliphatic carbocycles. The number of hydrogen-bond acceptors (Lipinski definition) is 2. The molecule has 0 bridgehead atoms. The lowest BCUT2D eigenvalue weighted by Crippen LogP contribution is -1.72. The molecule has 0 saturated heterocycles. The van der Waals surface area contributed by atoms with Gasteiger partial charge in [-0.1, -0.05) is 48.5 Å². The van der Waals surface area contributed by atoms with Crippen molar-refractivity contribution in [2.75, 3.05) is 0 Å². The molecule has 4 rings (SSSR count). The van der Waals surface area contributed by atoms with Crippen molar-refractivity contribution >= 4 is 21.5 Å². The van der Waals surface area contributed by atoms with Gasteiger partial charge in [-0.25, -0.2) is 0 Å². The molecular weight excluding hydrogens is 220 g/mol. The van der Waals surface area contributed by atoms with Crippen LogP contribution in [0, 0.1) is 0 Å². The SMILES string of the molecule is c1ccc2c(c1)cc1nncc-1c1ccccc12. The number of benzene rings is 2. The van der Waals surface area contributed by atoms with E-state index in [9.17, 15) is 0 Å². The van der Waals surface area contributed by atoms with E-state index in [1.165, 1.54) is 21.5 Å². The molecule has 0 atom stereocenters. The van der Waals surface area contributed by atoms with E-state index in [1.54, 1.807) is 0 Å². The molecule has 0 spiro atoms. The van der Waals surface area contributed by atoms with E-state index in [0.29, 0.717) is 0 Å². The summed E-state index contributed by atoms with van der Waals surface area (Å²) in [7, 11) is 0. The smallest absolute Gasteiger partial charge is 0.0957 e. The van der Waals surface area contributed by atoms with Gasteiger partial charge in [-0.2, -0.15) is 10.2 Å². The third-order valence-electron chi connectivity index (χ3n) is 3.39. The molecule has 0 N–H and O–H groups in total. The Labute approximate surface area is 104 Å². The summed E-state index contributed by atoms with van der Waals surface area (Å²) in [4.78, 5) is 0. The minimum absolute atomic E-state index is 0.951. The minimum Gasteiger partial charge on any atom is -0.158 e. The second-order valence-electron chi connectivity index (χ2n) is 4.42. The minimum atomic E-state index is 0.951. The molecule has 1 aliphatic heterocycles. The standard InChI is InChI=1S/C16H10N2/c1-2-6-12-11(5-1)9-16-15(10-17-18-16)14-8-4-3-7-13(12)14/h1-10H. The van der Waals surface area contributed by atoms with Gasteiger partial charge in [0.2, 0.25) is 0 Å². The molecule has 0 aromatic heterocycles. The van der Waals surface area contributed by atoms with Gasteiger partial charge >= 0.3 is 0 Å². The largest absolute Gasteiger partial charge is 0.158 e. The van der Waals surface area contributed by atoms with Gasteiger partial charge in [0.05, 0.1) is 11.9 Å². The summed E-state index contributed by atoms with van der Waals surface area (Å²) in [6.07, 6.45) is 1.84. The van der Waals surface area contributed by atoms with Gasteiger partial charge in [-0.05, 0) is 27.6 Å². The van der Waals surface area contributed by atoms with Gasteiger partial charge in [-0.3, -0.25) is 0 Å². The molecule has 0 saturated carbocycles. The topological polar surface area (TPSA) is 25.8 Å². The zero-order chi connectivity index (χ0) is 11.9. The highest BCUT2D eigenvalue weighted by Gasteiger charge is 2.10. The third kappa shape index (κ3) is 1.23. The Morgan fingerprint density at radius 2 is 1.44 bits per heavy atom. The van der Waals surface area contributed by atoms with Crippen molar-refractivity contribution in [3.05, 3.63) is 60.8 Å². The Bertz CT molecular complexity index is 836. The summed E-state index contributed by atoms with van der Waals surface area (Å²) in [5.41, 5.74) is 2.06. The van der Waals surface area contributed by atoms with Gasteiger partial charge in [0.25, 0.3) is 0 Å². The van der Waals surface area contributed by atoms with Crippen LogP contribution in [0.1, 0.15) is 0 Å². The van der Waals surface area contributed by atoms with Gasteiger partial charge in [-0.15, -0.1) is 0 Å². The zero-order valence-electron chi connectivity index (χ0n) is 9.67. The fraction of sp³-hybridized carbons (Fsp3) is 0. The van der Waals surface area contributed by atoms with E-state index in [0.717, 1.165) is 11.3 Å². The van der Waals surface area contributed by atoms with Crippen LogP contribution in [0.15, 0.2) is 60.8 Å². The fourth-order valence-electron chi connectivity index (χ4n) is 2.55. The Hall–Kier alpha value is -2.48. The van der Waals surface area contributed by atoms with Crippen LogP contribution in [-0.4, -0.2) is 10.2 Å². The molecule has 2 heteroatoms. The Kier molecular flexibility index (Phi) is 1.86. The van der Waals surface area contributed by atoms with Crippen LogP contribution in [0.25, 0.3) is 32.8 Å². The molecule has 84 valence electrons. The maximum atomic E-state index is 4.21. The molecule has 2 aromatic carbocycles. The van der Waals surface area contributed by atoms with Crippen LogP contribution in [0.2, 0.25) is 0 Å². The lowest BCUT2D eigenvalue weighted by Gasteiger charge is -1.97. The van der Waals surface area contributed by atoms with E-state index < -0.39 is 0 Å². The molecule has 18 heavy (non-hydrogen) atoms. The number of fused-ring (bicyclic) bond motifs is 5. The van der Waals surface area contributed by atoms with Crippen LogP contribution in [0.5, 0.6) is 0 Å². The second kappa shape index (κ2) is 3.50. The quantitative estimate of drug-likeness (QED) is 0.458. The van der Waals surface area contributed by atoms with Crippen molar-refractivity contribution in [1.82, 2.24) is 10.2 Å². The van der Waals surface area contributed by atoms with Crippen molar-refractivity contribution in [3.63, 3.8) is 0 Å². The second-order valence-corrected chi connectivity index (χ2v) is 4.42. The number of nitrogens with zero attached hydrogens (tertiary/aromatic N) is 2. The summed E-state index contributed by atoms with van der Waals surface area (Å²) in [5, 5.41) is 13.2. The van der Waals surface area contributed by atoms with Crippen molar-refractivity contribution in [3.8, 4) is 11.3 Å². The molecular formula is C16H10N2. The van der Waals surface area contributed by atoms with E-state index >= 15 is 0 Å². The van der Waals surface area contributed by atoms with Crippen LogP contribution >= 0.6 is 0 Å². The highest BCUT2D eigenvalue weighted by molar-refractivity contribution is 6.11. The van der Waals surface area contributed by atoms with Crippen LogP contribution < -0.4 is 0 Å². The normalized spacial score (nSPS) is 11.3. The average molecular weight is 230 g/mol. The summed E-state index contributed by atoms with van der Waals surface area (Å²) < 4.78 is 0. The summed E-state index contributed by atoms with van der Waals surface area (Å²) in [6, 6.07) is 18.9. The van der Waals surface area contributed by atoms with Crippen LogP contribution in [0.4, 0.5) is 0 Å². The molecule has 0 radical (unpaired) electrons. The first kappa shape index (κ1) is 9.54. The van der Waals surface area contributed by atoms with Crippen molar-refractivity contribution in [2.24, 2.45) is 0 Å². The van der Waals surface area contributed by atoms with Gasteiger partial charge in [0.15, 0.2) is 0 Å². The van der Waals surface area contributed by atoms with Crippen LogP contribution in [0.3, 0.4) is 0 Å². The first-order valence-corrected chi connectivity index (χ1v) is 5.95. The lowest BCUT2D eigenvalue weighted by atomic mass is 10.1. The highest BCUT2D eigenvalue weighted by atomic mass is 15.1. The maximum Gasteiger partial charge on any atom is 0.0957 e. The number of rotatable bonds is 0. The number of hydrogen-bond donors (Lipinski definition) is 0. The maximum absolute atomic E-state index is 4.21. The van der Waals surface area contributed by atoms with Crippen molar-refractivity contribution in [2.45, 2.75) is 0 Å². The van der Waals surface area contributed by atoms with E-state index in [-0.39, 0.29) is 0 Å². The summed E-state index contributed by atoms with van der Waals surface area (Å²) in [6.45, 7) is 0. The zero-order valence-corrected chi connectivity index (χ0v) is 9.67. The van der Waals surface area contributed by atoms with E-state index in [2.05, 4.69) is 64.8 Å². The summed E-state index contributed by atoms with van der Waals surface area (Å²) >= 11 is 0. The van der Waals surface area contributed by atoms with Gasteiger partial charge in [0, 0.05) is 5.56 Å². The molecule has 0 fully saturated rings. The molecule has 1 heterocycles. The first-order valence-electron chi connectivity index (χ1n) is 5.95. The van der Waals surface area contributed by atoms with Gasteiger partial charge in [0.1, 0.15) is 0 Å². The summed E-state index contributed by atoms with van der Waals surface area (Å²) in [5.74, 6) is 0. The number of aromatic nitrogens is 2. The molecule has 0 unspecified atom stereocenters. The predicted molar refractivity (Wildman–Crippen MR) is 73.7 cm³/mol. The Morgan fingerprint density at radius 1 is 0.722 bits per heavy atom. The molecule has 2 aliphatic rings. The first-order chi connectivity index (χ1) is 8.93. The fourth-order valence-corrected chi connectivity index (χ4v) is 2.55. The predicted octanol–water partition coefficient (Wildman–Crippen LogP) is 3.89. The average Bonchev–Trinajstić information content (AvgIpc) is 2.83. The third-order valence-corrected chi connectivity index (χ3v) is 3.39. The lowest BCUT2D eigenvalue weighted by molar-refractivity contribution is 1.10. The monoisotopic (exact) mass is 230 g/mol. The van der Waals surface area contributed by atoms with Crippen molar-refractivity contribution < 1.29 is 0 Å². The molecule has 0 amide bonds.